The fraction of sp³-hybridized carbons (Fsp3) is 0.647. The quantitative estimate of drug-likeness (QED) is 0.821. The van der Waals surface area contributed by atoms with Crippen LogP contribution in [0, 0.1) is 17.2 Å². The zero-order valence-electron chi connectivity index (χ0n) is 12.9. The summed E-state index contributed by atoms with van der Waals surface area (Å²) in [6, 6.07) is 4.86. The van der Waals surface area contributed by atoms with Crippen molar-refractivity contribution in [2.75, 3.05) is 6.54 Å². The molecule has 0 heterocycles. The summed E-state index contributed by atoms with van der Waals surface area (Å²) in [6.07, 6.45) is 3.25. The Bertz CT molecular complexity index is 476. The Hall–Kier alpha value is -0.600. The minimum absolute atomic E-state index is 0.0863. The first-order valence-electron chi connectivity index (χ1n) is 7.39. The highest BCUT2D eigenvalue weighted by atomic mass is 35.5. The summed E-state index contributed by atoms with van der Waals surface area (Å²) in [5.41, 5.74) is 0.921. The number of nitrogens with one attached hydrogen (secondary N) is 1. The van der Waals surface area contributed by atoms with E-state index in [0.29, 0.717) is 10.9 Å². The van der Waals surface area contributed by atoms with Gasteiger partial charge in [-0.05, 0) is 75.1 Å². The molecule has 3 heteroatoms. The van der Waals surface area contributed by atoms with Crippen molar-refractivity contribution in [2.45, 2.75) is 52.5 Å². The first kappa shape index (κ1) is 15.8. The molecule has 0 aliphatic heterocycles. The Kier molecular flexibility index (Phi) is 4.46. The molecule has 1 unspecified atom stereocenters. The van der Waals surface area contributed by atoms with Crippen LogP contribution in [0.5, 0.6) is 0 Å². The Morgan fingerprint density at radius 3 is 2.45 bits per heavy atom. The van der Waals surface area contributed by atoms with Gasteiger partial charge in [0.1, 0.15) is 5.82 Å². The van der Waals surface area contributed by atoms with Gasteiger partial charge in [-0.2, -0.15) is 0 Å². The SMILES string of the molecule is CC(C)(C)NCC(C)(Cc1cc(Cl)ccc1F)C1CC1. The standard InChI is InChI=1S/C17H25ClFN/c1-16(2,3)20-11-17(4,13-5-6-13)10-12-9-14(18)7-8-15(12)19/h7-9,13,20H,5-6,10-11H2,1-4H3. The van der Waals surface area contributed by atoms with Crippen LogP contribution in [-0.4, -0.2) is 12.1 Å². The summed E-state index contributed by atoms with van der Waals surface area (Å²) >= 11 is 6.01. The van der Waals surface area contributed by atoms with Gasteiger partial charge in [-0.1, -0.05) is 18.5 Å². The van der Waals surface area contributed by atoms with E-state index < -0.39 is 0 Å². The van der Waals surface area contributed by atoms with E-state index in [1.165, 1.54) is 18.9 Å². The zero-order valence-corrected chi connectivity index (χ0v) is 13.6. The van der Waals surface area contributed by atoms with Gasteiger partial charge in [0.25, 0.3) is 0 Å². The Balaban J connectivity index is 2.14. The smallest absolute Gasteiger partial charge is 0.126 e. The fourth-order valence-electron chi connectivity index (χ4n) is 2.71. The third-order valence-electron chi connectivity index (χ3n) is 4.19. The Morgan fingerprint density at radius 2 is 1.90 bits per heavy atom. The van der Waals surface area contributed by atoms with Crippen molar-refractivity contribution in [1.29, 1.82) is 0 Å². The Morgan fingerprint density at radius 1 is 1.25 bits per heavy atom. The second kappa shape index (κ2) is 5.65. The summed E-state index contributed by atoms with van der Waals surface area (Å²) in [6.45, 7) is 9.68. The van der Waals surface area contributed by atoms with E-state index in [-0.39, 0.29) is 16.8 Å². The molecule has 1 N–H and O–H groups in total. The number of hydrogen-bond donors (Lipinski definition) is 1. The summed E-state index contributed by atoms with van der Waals surface area (Å²) in [5, 5.41) is 4.20. The van der Waals surface area contributed by atoms with Crippen LogP contribution in [0.4, 0.5) is 4.39 Å². The van der Waals surface area contributed by atoms with Crippen molar-refractivity contribution < 1.29 is 4.39 Å². The van der Waals surface area contributed by atoms with Crippen molar-refractivity contribution in [3.8, 4) is 0 Å². The highest BCUT2D eigenvalue weighted by molar-refractivity contribution is 6.30. The molecule has 1 atom stereocenters. The number of hydrogen-bond acceptors (Lipinski definition) is 1. The van der Waals surface area contributed by atoms with Gasteiger partial charge in [-0.3, -0.25) is 0 Å². The molecule has 0 aromatic heterocycles. The van der Waals surface area contributed by atoms with Gasteiger partial charge in [0.2, 0.25) is 0 Å². The minimum atomic E-state index is -0.142. The molecule has 1 aromatic carbocycles. The lowest BCUT2D eigenvalue weighted by molar-refractivity contribution is 0.225. The number of benzene rings is 1. The van der Waals surface area contributed by atoms with Crippen LogP contribution in [0.1, 0.15) is 46.1 Å². The maximum absolute atomic E-state index is 14.0. The van der Waals surface area contributed by atoms with Gasteiger partial charge in [-0.25, -0.2) is 4.39 Å². The van der Waals surface area contributed by atoms with Crippen molar-refractivity contribution in [3.05, 3.63) is 34.6 Å². The molecule has 1 aromatic rings. The van der Waals surface area contributed by atoms with E-state index in [2.05, 4.69) is 33.0 Å². The third kappa shape index (κ3) is 4.20. The highest BCUT2D eigenvalue weighted by Crippen LogP contribution is 2.47. The molecule has 0 spiro atoms. The molecule has 1 aliphatic carbocycles. The molecule has 1 saturated carbocycles. The molecular weight excluding hydrogens is 273 g/mol. The molecule has 20 heavy (non-hydrogen) atoms. The average Bonchev–Trinajstić information content (AvgIpc) is 3.15. The first-order chi connectivity index (χ1) is 9.20. The largest absolute Gasteiger partial charge is 0.312 e. The third-order valence-corrected chi connectivity index (χ3v) is 4.42. The van der Waals surface area contributed by atoms with Crippen molar-refractivity contribution >= 4 is 11.6 Å². The van der Waals surface area contributed by atoms with Crippen molar-refractivity contribution in [1.82, 2.24) is 5.32 Å². The maximum Gasteiger partial charge on any atom is 0.126 e. The minimum Gasteiger partial charge on any atom is -0.312 e. The lowest BCUT2D eigenvalue weighted by atomic mass is 9.78. The molecule has 0 amide bonds. The van der Waals surface area contributed by atoms with Crippen LogP contribution in [0.15, 0.2) is 18.2 Å². The first-order valence-corrected chi connectivity index (χ1v) is 7.76. The van der Waals surface area contributed by atoms with E-state index in [9.17, 15) is 4.39 Å². The molecule has 0 saturated heterocycles. The summed E-state index contributed by atoms with van der Waals surface area (Å²) in [5.74, 6) is 0.549. The predicted octanol–water partition coefficient (Wildman–Crippen LogP) is 4.83. The lowest BCUT2D eigenvalue weighted by Gasteiger charge is -2.34. The molecule has 1 aliphatic rings. The molecular formula is C17H25ClFN. The average molecular weight is 298 g/mol. The number of halogens is 2. The second-order valence-electron chi connectivity index (χ2n) is 7.44. The van der Waals surface area contributed by atoms with E-state index in [4.69, 9.17) is 11.6 Å². The zero-order chi connectivity index (χ0) is 15.0. The van der Waals surface area contributed by atoms with Crippen molar-refractivity contribution in [3.63, 3.8) is 0 Å². The van der Waals surface area contributed by atoms with E-state index >= 15 is 0 Å². The van der Waals surface area contributed by atoms with E-state index in [1.54, 1.807) is 12.1 Å². The summed E-state index contributed by atoms with van der Waals surface area (Å²) < 4.78 is 14.0. The molecule has 2 rings (SSSR count). The maximum atomic E-state index is 14.0. The molecule has 1 fully saturated rings. The van der Waals surface area contributed by atoms with E-state index in [0.717, 1.165) is 18.5 Å². The molecule has 112 valence electrons. The van der Waals surface area contributed by atoms with Gasteiger partial charge in [0.05, 0.1) is 0 Å². The van der Waals surface area contributed by atoms with Gasteiger partial charge < -0.3 is 5.32 Å². The summed E-state index contributed by atoms with van der Waals surface area (Å²) in [7, 11) is 0. The van der Waals surface area contributed by atoms with Crippen LogP contribution < -0.4 is 5.32 Å². The molecule has 0 radical (unpaired) electrons. The topological polar surface area (TPSA) is 12.0 Å². The van der Waals surface area contributed by atoms with Crippen LogP contribution in [0.2, 0.25) is 5.02 Å². The van der Waals surface area contributed by atoms with Gasteiger partial charge >= 0.3 is 0 Å². The normalized spacial score (nSPS) is 18.9. The Labute approximate surface area is 126 Å². The van der Waals surface area contributed by atoms with Crippen LogP contribution >= 0.6 is 11.6 Å². The van der Waals surface area contributed by atoms with Crippen molar-refractivity contribution in [2.24, 2.45) is 11.3 Å². The lowest BCUT2D eigenvalue weighted by Crippen LogP contribution is -2.44. The molecule has 1 nitrogen and oxygen atoms in total. The van der Waals surface area contributed by atoms with Gasteiger partial charge in [-0.15, -0.1) is 0 Å². The van der Waals surface area contributed by atoms with Gasteiger partial charge in [0.15, 0.2) is 0 Å². The second-order valence-corrected chi connectivity index (χ2v) is 7.88. The van der Waals surface area contributed by atoms with Gasteiger partial charge in [0, 0.05) is 17.1 Å². The van der Waals surface area contributed by atoms with Crippen LogP contribution in [-0.2, 0) is 6.42 Å². The summed E-state index contributed by atoms with van der Waals surface area (Å²) in [4.78, 5) is 0. The van der Waals surface area contributed by atoms with Crippen LogP contribution in [0.3, 0.4) is 0 Å². The fourth-order valence-corrected chi connectivity index (χ4v) is 2.91. The molecule has 0 bridgehead atoms. The highest BCUT2D eigenvalue weighted by Gasteiger charge is 2.42. The monoisotopic (exact) mass is 297 g/mol. The number of rotatable bonds is 5. The van der Waals surface area contributed by atoms with E-state index in [1.807, 2.05) is 0 Å². The predicted molar refractivity (Wildman–Crippen MR) is 83.7 cm³/mol. The van der Waals surface area contributed by atoms with Crippen LogP contribution in [0.25, 0.3) is 0 Å².